The zero-order valence-corrected chi connectivity index (χ0v) is 15.1. The number of nitrogens with one attached hydrogen (secondary N) is 2. The van der Waals surface area contributed by atoms with Gasteiger partial charge in [0.05, 0.1) is 10.6 Å². The van der Waals surface area contributed by atoms with Gasteiger partial charge in [0.2, 0.25) is 0 Å². The van der Waals surface area contributed by atoms with Gasteiger partial charge < -0.3 is 21.3 Å². The van der Waals surface area contributed by atoms with Crippen LogP contribution < -0.4 is 16.4 Å². The summed E-state index contributed by atoms with van der Waals surface area (Å²) in [5.74, 6) is -0.133. The number of likely N-dealkylation sites (tertiary alicyclic amines) is 1. The van der Waals surface area contributed by atoms with Gasteiger partial charge in [-0.1, -0.05) is 11.6 Å². The molecule has 0 radical (unpaired) electrons. The van der Waals surface area contributed by atoms with Crippen LogP contribution in [-0.2, 0) is 0 Å². The van der Waals surface area contributed by atoms with Gasteiger partial charge in [-0.3, -0.25) is 4.79 Å². The lowest BCUT2D eigenvalue weighted by molar-refractivity contribution is 0.0715. The monoisotopic (exact) mass is 352 g/mol. The van der Waals surface area contributed by atoms with Crippen molar-refractivity contribution in [3.63, 3.8) is 0 Å². The third-order valence-electron chi connectivity index (χ3n) is 3.77. The van der Waals surface area contributed by atoms with Crippen LogP contribution >= 0.6 is 11.6 Å². The molecule has 0 saturated carbocycles. The molecule has 1 aliphatic rings. The van der Waals surface area contributed by atoms with Crippen molar-refractivity contribution in [2.45, 2.75) is 45.2 Å². The lowest BCUT2D eigenvalue weighted by Gasteiger charge is -2.30. The van der Waals surface area contributed by atoms with Crippen LogP contribution in [0.4, 0.5) is 10.5 Å². The van der Waals surface area contributed by atoms with E-state index in [2.05, 4.69) is 10.6 Å². The Hall–Kier alpha value is -1.79. The van der Waals surface area contributed by atoms with Crippen LogP contribution in [0.2, 0.25) is 5.02 Å². The number of piperidine rings is 1. The number of rotatable bonds is 2. The van der Waals surface area contributed by atoms with E-state index in [4.69, 9.17) is 17.3 Å². The number of nitrogens with zero attached hydrogens (tertiary/aromatic N) is 1. The molecular weight excluding hydrogens is 328 g/mol. The van der Waals surface area contributed by atoms with Crippen molar-refractivity contribution in [3.05, 3.63) is 28.8 Å². The van der Waals surface area contributed by atoms with E-state index in [0.29, 0.717) is 29.4 Å². The number of nitrogens with two attached hydrogens (primary N) is 1. The molecule has 4 N–H and O–H groups in total. The molecule has 7 heteroatoms. The van der Waals surface area contributed by atoms with Gasteiger partial charge in [-0.25, -0.2) is 4.79 Å². The second-order valence-corrected chi connectivity index (χ2v) is 7.56. The Morgan fingerprint density at radius 2 is 1.88 bits per heavy atom. The Bertz CT molecular complexity index is 620. The maximum atomic E-state index is 12.7. The summed E-state index contributed by atoms with van der Waals surface area (Å²) in [6.45, 7) is 6.93. The van der Waals surface area contributed by atoms with Crippen molar-refractivity contribution in [1.82, 2.24) is 10.2 Å². The molecule has 0 unspecified atom stereocenters. The minimum Gasteiger partial charge on any atom is -0.338 e. The summed E-state index contributed by atoms with van der Waals surface area (Å²) in [5.41, 5.74) is 6.45. The van der Waals surface area contributed by atoms with Gasteiger partial charge in [0.15, 0.2) is 0 Å². The molecule has 0 atom stereocenters. The third-order valence-corrected chi connectivity index (χ3v) is 4.10. The molecule has 132 valence electrons. The first kappa shape index (κ1) is 18.5. The van der Waals surface area contributed by atoms with Crippen LogP contribution in [-0.4, -0.2) is 41.5 Å². The van der Waals surface area contributed by atoms with E-state index in [1.807, 2.05) is 20.8 Å². The standard InChI is InChI=1S/C17H25ClN4O2/c1-17(2,3)21-16(24)20-12-4-5-14(18)13(10-12)15(23)22-8-6-11(19)7-9-22/h4-5,10-11H,6-9,19H2,1-3H3,(H2,20,21,24). The molecule has 2 rings (SSSR count). The second-order valence-electron chi connectivity index (χ2n) is 7.15. The number of hydrogen-bond acceptors (Lipinski definition) is 3. The van der Waals surface area contributed by atoms with Gasteiger partial charge in [-0.05, 0) is 51.8 Å². The lowest BCUT2D eigenvalue weighted by Crippen LogP contribution is -2.43. The zero-order chi connectivity index (χ0) is 17.9. The van der Waals surface area contributed by atoms with Gasteiger partial charge in [-0.15, -0.1) is 0 Å². The topological polar surface area (TPSA) is 87.5 Å². The fourth-order valence-corrected chi connectivity index (χ4v) is 2.74. The van der Waals surface area contributed by atoms with Crippen LogP contribution in [0.1, 0.15) is 44.0 Å². The molecule has 1 aromatic carbocycles. The number of anilines is 1. The SMILES string of the molecule is CC(C)(C)NC(=O)Nc1ccc(Cl)c(C(=O)N2CCC(N)CC2)c1. The number of halogens is 1. The van der Waals surface area contributed by atoms with E-state index >= 15 is 0 Å². The summed E-state index contributed by atoms with van der Waals surface area (Å²) in [5, 5.41) is 5.91. The summed E-state index contributed by atoms with van der Waals surface area (Å²) in [7, 11) is 0. The van der Waals surface area contributed by atoms with Crippen LogP contribution in [0.5, 0.6) is 0 Å². The van der Waals surface area contributed by atoms with Crippen molar-refractivity contribution in [2.24, 2.45) is 5.73 Å². The summed E-state index contributed by atoms with van der Waals surface area (Å²) in [6, 6.07) is 4.73. The largest absolute Gasteiger partial charge is 0.338 e. The number of benzene rings is 1. The number of carbonyl (C=O) groups is 2. The Balaban J connectivity index is 2.10. The molecule has 24 heavy (non-hydrogen) atoms. The van der Waals surface area contributed by atoms with Crippen molar-refractivity contribution in [2.75, 3.05) is 18.4 Å². The highest BCUT2D eigenvalue weighted by Gasteiger charge is 2.23. The fraction of sp³-hybridized carbons (Fsp3) is 0.529. The van der Waals surface area contributed by atoms with E-state index in [1.54, 1.807) is 23.1 Å². The highest BCUT2D eigenvalue weighted by Crippen LogP contribution is 2.23. The molecule has 0 aliphatic carbocycles. The van der Waals surface area contributed by atoms with Crippen LogP contribution in [0, 0.1) is 0 Å². The maximum absolute atomic E-state index is 12.7. The number of urea groups is 1. The number of carbonyl (C=O) groups excluding carboxylic acids is 2. The lowest BCUT2D eigenvalue weighted by atomic mass is 10.0. The number of hydrogen-bond donors (Lipinski definition) is 3. The van der Waals surface area contributed by atoms with E-state index < -0.39 is 0 Å². The van der Waals surface area contributed by atoms with E-state index in [9.17, 15) is 9.59 Å². The van der Waals surface area contributed by atoms with Crippen LogP contribution in [0.25, 0.3) is 0 Å². The summed E-state index contributed by atoms with van der Waals surface area (Å²) < 4.78 is 0. The fourth-order valence-electron chi connectivity index (χ4n) is 2.54. The summed E-state index contributed by atoms with van der Waals surface area (Å²) in [4.78, 5) is 26.4. The molecule has 6 nitrogen and oxygen atoms in total. The van der Waals surface area contributed by atoms with Crippen molar-refractivity contribution >= 4 is 29.2 Å². The van der Waals surface area contributed by atoms with Crippen LogP contribution in [0.15, 0.2) is 18.2 Å². The molecule has 1 aliphatic heterocycles. The van der Waals surface area contributed by atoms with E-state index in [1.165, 1.54) is 0 Å². The highest BCUT2D eigenvalue weighted by atomic mass is 35.5. The van der Waals surface area contributed by atoms with Crippen LogP contribution in [0.3, 0.4) is 0 Å². The maximum Gasteiger partial charge on any atom is 0.319 e. The van der Waals surface area contributed by atoms with Crippen molar-refractivity contribution in [3.8, 4) is 0 Å². The Labute approximate surface area is 147 Å². The average molecular weight is 353 g/mol. The first-order valence-corrected chi connectivity index (χ1v) is 8.47. The minimum absolute atomic E-state index is 0.133. The number of amides is 3. The van der Waals surface area contributed by atoms with Gasteiger partial charge in [0.25, 0.3) is 5.91 Å². The molecule has 3 amide bonds. The smallest absolute Gasteiger partial charge is 0.319 e. The molecule has 0 bridgehead atoms. The Kier molecular flexibility index (Phi) is 5.72. The summed E-state index contributed by atoms with van der Waals surface area (Å²) in [6.07, 6.45) is 1.57. The average Bonchev–Trinajstić information content (AvgIpc) is 2.47. The second kappa shape index (κ2) is 7.40. The van der Waals surface area contributed by atoms with Crippen molar-refractivity contribution < 1.29 is 9.59 Å². The predicted octanol–water partition coefficient (Wildman–Crippen LogP) is 2.82. The predicted molar refractivity (Wildman–Crippen MR) is 96.5 cm³/mol. The molecule has 1 fully saturated rings. The molecule has 1 aromatic rings. The molecule has 0 spiro atoms. The van der Waals surface area contributed by atoms with Gasteiger partial charge in [0.1, 0.15) is 0 Å². The summed E-state index contributed by atoms with van der Waals surface area (Å²) >= 11 is 6.18. The molecular formula is C17H25ClN4O2. The third kappa shape index (κ3) is 5.11. The highest BCUT2D eigenvalue weighted by molar-refractivity contribution is 6.34. The minimum atomic E-state index is -0.346. The van der Waals surface area contributed by atoms with Crippen molar-refractivity contribution in [1.29, 1.82) is 0 Å². The van der Waals surface area contributed by atoms with Gasteiger partial charge in [-0.2, -0.15) is 0 Å². The van der Waals surface area contributed by atoms with E-state index in [-0.39, 0.29) is 23.5 Å². The molecule has 1 saturated heterocycles. The van der Waals surface area contributed by atoms with E-state index in [0.717, 1.165) is 12.8 Å². The normalized spacial score (nSPS) is 16.0. The molecule has 1 heterocycles. The Morgan fingerprint density at radius 1 is 1.25 bits per heavy atom. The zero-order valence-electron chi connectivity index (χ0n) is 14.4. The quantitative estimate of drug-likeness (QED) is 0.764. The first-order valence-electron chi connectivity index (χ1n) is 8.09. The first-order chi connectivity index (χ1) is 11.2. The van der Waals surface area contributed by atoms with Gasteiger partial charge in [0, 0.05) is 30.4 Å². The molecule has 0 aromatic heterocycles. The van der Waals surface area contributed by atoms with Gasteiger partial charge >= 0.3 is 6.03 Å². The Morgan fingerprint density at radius 3 is 2.46 bits per heavy atom.